The maximum atomic E-state index is 2.42. The van der Waals surface area contributed by atoms with Crippen LogP contribution in [0.5, 0.6) is 0 Å². The molecule has 1 aliphatic rings. The average molecular weight is 298 g/mol. The van der Waals surface area contributed by atoms with Crippen LogP contribution in [0.3, 0.4) is 0 Å². The first-order chi connectivity index (χ1) is 11.1. The van der Waals surface area contributed by atoms with Gasteiger partial charge in [-0.05, 0) is 38.8 Å². The lowest BCUT2D eigenvalue weighted by molar-refractivity contribution is 0.589. The van der Waals surface area contributed by atoms with Crippen molar-refractivity contribution in [2.24, 2.45) is 0 Å². The molecule has 1 atom stereocenters. The third kappa shape index (κ3) is 2.30. The van der Waals surface area contributed by atoms with Crippen LogP contribution in [-0.2, 0) is 5.41 Å². The van der Waals surface area contributed by atoms with Crippen LogP contribution in [0.1, 0.15) is 48.9 Å². The second-order valence-electron chi connectivity index (χ2n) is 7.48. The zero-order valence-electron chi connectivity index (χ0n) is 14.0. The molecule has 0 saturated heterocycles. The molecule has 0 saturated carbocycles. The summed E-state index contributed by atoms with van der Waals surface area (Å²) in [5, 5.41) is 0. The molecule has 0 radical (unpaired) electrons. The summed E-state index contributed by atoms with van der Waals surface area (Å²) >= 11 is 0. The maximum Gasteiger partial charge on any atom is 0.0352 e. The molecule has 0 heteroatoms. The Morgan fingerprint density at radius 3 is 2.04 bits per heavy atom. The average Bonchev–Trinajstić information content (AvgIpc) is 2.88. The monoisotopic (exact) mass is 298 g/mol. The van der Waals surface area contributed by atoms with Crippen molar-refractivity contribution in [3.05, 3.63) is 95.1 Å². The lowest BCUT2D eigenvalue weighted by atomic mass is 9.83. The van der Waals surface area contributed by atoms with E-state index >= 15 is 0 Å². The zero-order valence-corrected chi connectivity index (χ0v) is 14.0. The van der Waals surface area contributed by atoms with E-state index in [1.165, 1.54) is 33.4 Å². The molecule has 1 unspecified atom stereocenters. The smallest absolute Gasteiger partial charge is 0.0352 e. The highest BCUT2D eigenvalue weighted by molar-refractivity contribution is 5.81. The lowest BCUT2D eigenvalue weighted by Gasteiger charge is -2.22. The van der Waals surface area contributed by atoms with Crippen LogP contribution in [0, 0.1) is 0 Å². The standard InChI is InChI=1S/C23H22/c1-23(2,3)17-13-14-19-18-11-7-8-12-20(18)22(21(19)15-17)16-9-5-4-6-10-16/h4-15,22H,1-3H3. The second-order valence-corrected chi connectivity index (χ2v) is 7.48. The lowest BCUT2D eigenvalue weighted by Crippen LogP contribution is -2.11. The first kappa shape index (κ1) is 14.3. The predicted octanol–water partition coefficient (Wildman–Crippen LogP) is 6.14. The van der Waals surface area contributed by atoms with Crippen LogP contribution in [0.2, 0.25) is 0 Å². The van der Waals surface area contributed by atoms with Crippen molar-refractivity contribution in [3.63, 3.8) is 0 Å². The van der Waals surface area contributed by atoms with Gasteiger partial charge >= 0.3 is 0 Å². The molecule has 114 valence electrons. The van der Waals surface area contributed by atoms with Crippen LogP contribution < -0.4 is 0 Å². The van der Waals surface area contributed by atoms with Gasteiger partial charge in [-0.1, -0.05) is 93.6 Å². The predicted molar refractivity (Wildman–Crippen MR) is 98.0 cm³/mol. The maximum absolute atomic E-state index is 2.42. The zero-order chi connectivity index (χ0) is 16.0. The molecule has 1 aliphatic carbocycles. The molecule has 0 aliphatic heterocycles. The first-order valence-corrected chi connectivity index (χ1v) is 8.34. The molecular formula is C23H22. The van der Waals surface area contributed by atoms with Gasteiger partial charge in [0.2, 0.25) is 0 Å². The Morgan fingerprint density at radius 1 is 0.652 bits per heavy atom. The minimum atomic E-state index is 0.172. The van der Waals surface area contributed by atoms with E-state index in [0.29, 0.717) is 5.92 Å². The van der Waals surface area contributed by atoms with Crippen molar-refractivity contribution < 1.29 is 0 Å². The summed E-state index contributed by atoms with van der Waals surface area (Å²) in [6.45, 7) is 6.86. The van der Waals surface area contributed by atoms with E-state index in [1.54, 1.807) is 0 Å². The van der Waals surface area contributed by atoms with Crippen molar-refractivity contribution in [2.45, 2.75) is 32.1 Å². The van der Waals surface area contributed by atoms with Crippen molar-refractivity contribution in [3.8, 4) is 11.1 Å². The summed E-state index contributed by atoms with van der Waals surface area (Å²) < 4.78 is 0. The van der Waals surface area contributed by atoms with E-state index < -0.39 is 0 Å². The Hall–Kier alpha value is -2.34. The van der Waals surface area contributed by atoms with Crippen LogP contribution in [0.4, 0.5) is 0 Å². The van der Waals surface area contributed by atoms with Crippen molar-refractivity contribution >= 4 is 0 Å². The highest BCUT2D eigenvalue weighted by Crippen LogP contribution is 2.48. The number of benzene rings is 3. The Morgan fingerprint density at radius 2 is 1.30 bits per heavy atom. The van der Waals surface area contributed by atoms with Crippen LogP contribution in [-0.4, -0.2) is 0 Å². The second kappa shape index (κ2) is 5.09. The van der Waals surface area contributed by atoms with Gasteiger partial charge in [0.05, 0.1) is 0 Å². The Bertz CT molecular complexity index is 851. The van der Waals surface area contributed by atoms with E-state index in [9.17, 15) is 0 Å². The van der Waals surface area contributed by atoms with Crippen LogP contribution in [0.15, 0.2) is 72.8 Å². The number of hydrogen-bond acceptors (Lipinski definition) is 0. The number of hydrogen-bond donors (Lipinski definition) is 0. The highest BCUT2D eigenvalue weighted by Gasteiger charge is 2.30. The quantitative estimate of drug-likeness (QED) is 0.395. The van der Waals surface area contributed by atoms with Crippen molar-refractivity contribution in [1.82, 2.24) is 0 Å². The number of fused-ring (bicyclic) bond motifs is 3. The Labute approximate surface area is 138 Å². The van der Waals surface area contributed by atoms with Crippen molar-refractivity contribution in [1.29, 1.82) is 0 Å². The molecule has 0 fully saturated rings. The number of rotatable bonds is 1. The van der Waals surface area contributed by atoms with Gasteiger partial charge in [-0.25, -0.2) is 0 Å². The fourth-order valence-electron chi connectivity index (χ4n) is 3.68. The molecule has 0 amide bonds. The summed E-state index contributed by atoms with van der Waals surface area (Å²) in [6.07, 6.45) is 0. The molecule has 0 nitrogen and oxygen atoms in total. The normalized spacial score (nSPS) is 16.0. The third-order valence-corrected chi connectivity index (χ3v) is 4.92. The van der Waals surface area contributed by atoms with Crippen LogP contribution >= 0.6 is 0 Å². The van der Waals surface area contributed by atoms with Crippen LogP contribution in [0.25, 0.3) is 11.1 Å². The summed E-state index contributed by atoms with van der Waals surface area (Å²) in [5.74, 6) is 0.352. The molecule has 23 heavy (non-hydrogen) atoms. The molecule has 3 aromatic rings. The minimum Gasteiger partial charge on any atom is -0.0622 e. The fraction of sp³-hybridized carbons (Fsp3) is 0.217. The molecular weight excluding hydrogens is 276 g/mol. The van der Waals surface area contributed by atoms with E-state index in [2.05, 4.69) is 93.6 Å². The summed E-state index contributed by atoms with van der Waals surface area (Å²) in [5.41, 5.74) is 8.61. The molecule has 0 N–H and O–H groups in total. The van der Waals surface area contributed by atoms with Gasteiger partial charge in [0.25, 0.3) is 0 Å². The largest absolute Gasteiger partial charge is 0.0622 e. The fourth-order valence-corrected chi connectivity index (χ4v) is 3.68. The summed E-state index contributed by atoms with van der Waals surface area (Å²) in [4.78, 5) is 0. The Balaban J connectivity index is 1.97. The van der Waals surface area contributed by atoms with E-state index in [0.717, 1.165) is 0 Å². The van der Waals surface area contributed by atoms with Crippen molar-refractivity contribution in [2.75, 3.05) is 0 Å². The third-order valence-electron chi connectivity index (χ3n) is 4.92. The summed E-state index contributed by atoms with van der Waals surface area (Å²) in [6, 6.07) is 26.8. The minimum absolute atomic E-state index is 0.172. The van der Waals surface area contributed by atoms with Gasteiger partial charge in [-0.3, -0.25) is 0 Å². The van der Waals surface area contributed by atoms with E-state index in [-0.39, 0.29) is 5.41 Å². The van der Waals surface area contributed by atoms with Gasteiger partial charge in [0.1, 0.15) is 0 Å². The molecule has 4 rings (SSSR count). The SMILES string of the molecule is CC(C)(C)c1ccc2c(c1)C(c1ccccc1)c1ccccc1-2. The van der Waals surface area contributed by atoms with Gasteiger partial charge in [0.15, 0.2) is 0 Å². The van der Waals surface area contributed by atoms with Gasteiger partial charge in [-0.15, -0.1) is 0 Å². The first-order valence-electron chi connectivity index (χ1n) is 8.34. The van der Waals surface area contributed by atoms with E-state index in [1.807, 2.05) is 0 Å². The topological polar surface area (TPSA) is 0 Å². The van der Waals surface area contributed by atoms with Gasteiger partial charge < -0.3 is 0 Å². The molecule has 0 spiro atoms. The van der Waals surface area contributed by atoms with Gasteiger partial charge in [0, 0.05) is 5.92 Å². The molecule has 0 heterocycles. The van der Waals surface area contributed by atoms with E-state index in [4.69, 9.17) is 0 Å². The van der Waals surface area contributed by atoms with Gasteiger partial charge in [-0.2, -0.15) is 0 Å². The molecule has 0 bridgehead atoms. The summed E-state index contributed by atoms with van der Waals surface area (Å²) in [7, 11) is 0. The molecule has 3 aromatic carbocycles. The highest BCUT2D eigenvalue weighted by atomic mass is 14.3. The molecule has 0 aromatic heterocycles. The Kier molecular flexibility index (Phi) is 3.16.